The molecule has 0 aromatic rings. The molecule has 1 aliphatic carbocycles. The molecule has 0 radical (unpaired) electrons. The number of nitrogens with two attached hydrogens (primary N) is 1. The summed E-state index contributed by atoms with van der Waals surface area (Å²) in [6.07, 6.45) is 16.8. The zero-order valence-corrected chi connectivity index (χ0v) is 32.1. The molecule has 1 saturated carbocycles. The molecular formula is C36H55N5O7S3. The molecule has 5 fully saturated rings. The second-order valence-electron chi connectivity index (χ2n) is 14.3. The maximum absolute atomic E-state index is 11.8. The molecule has 5 heterocycles. The fraction of sp³-hybridized carbons (Fsp3) is 0.778. The molecule has 6 rings (SSSR count). The number of nitrogens with one attached hydrogen (secondary N) is 2. The molecule has 6 N–H and O–H groups in total. The van der Waals surface area contributed by atoms with Crippen molar-refractivity contribution in [2.24, 2.45) is 22.6 Å². The van der Waals surface area contributed by atoms with Crippen molar-refractivity contribution in [3.63, 3.8) is 0 Å². The highest BCUT2D eigenvalue weighted by molar-refractivity contribution is 8.00. The van der Waals surface area contributed by atoms with Crippen LogP contribution in [0.3, 0.4) is 0 Å². The number of thioether (sulfide) groups is 3. The zero-order valence-electron chi connectivity index (χ0n) is 29.6. The minimum Gasteiger partial charge on any atom is -0.481 e. The summed E-state index contributed by atoms with van der Waals surface area (Å²) >= 11 is 5.83. The van der Waals surface area contributed by atoms with Gasteiger partial charge in [-0.2, -0.15) is 35.3 Å². The molecule has 15 heteroatoms. The van der Waals surface area contributed by atoms with Crippen molar-refractivity contribution in [2.45, 2.75) is 137 Å². The summed E-state index contributed by atoms with van der Waals surface area (Å²) in [5, 5.41) is 24.8. The quantitative estimate of drug-likeness (QED) is 0.0848. The number of terminal acetylenes is 1. The van der Waals surface area contributed by atoms with E-state index in [1.165, 1.54) is 0 Å². The maximum Gasteiger partial charge on any atom is 0.318 e. The molecule has 0 aromatic heterocycles. The molecule has 5 aliphatic heterocycles. The molecule has 12 nitrogen and oxygen atoms in total. The number of carbonyl (C=O) groups excluding carboxylic acids is 3. The van der Waals surface area contributed by atoms with Crippen LogP contribution in [0.4, 0.5) is 4.79 Å². The van der Waals surface area contributed by atoms with E-state index in [4.69, 9.17) is 22.4 Å². The van der Waals surface area contributed by atoms with Gasteiger partial charge >= 0.3 is 18.0 Å². The Hall–Kier alpha value is -2.57. The van der Waals surface area contributed by atoms with Gasteiger partial charge in [0, 0.05) is 59.4 Å². The van der Waals surface area contributed by atoms with Crippen molar-refractivity contribution in [2.75, 3.05) is 23.8 Å². The van der Waals surface area contributed by atoms with E-state index in [0.29, 0.717) is 64.4 Å². The number of ketones is 2. The van der Waals surface area contributed by atoms with E-state index in [0.717, 1.165) is 87.9 Å². The fourth-order valence-corrected chi connectivity index (χ4v) is 12.8. The SMILES string of the molecule is C#CCN1C(=O)N[C@H]2CS[C@@H](CCCCC(C)=O)[C@H]21.NC1=N[C@H]2[C@H](CS[C@H]2CCCCC(=O)O)N1.O=C(O)CCCC[C@@H]1SC[C@@H]2CC(=O)C[C@@H]21. The third-order valence-electron chi connectivity index (χ3n) is 10.5. The molecule has 9 atom stereocenters. The van der Waals surface area contributed by atoms with Crippen LogP contribution >= 0.6 is 35.3 Å². The summed E-state index contributed by atoms with van der Waals surface area (Å²) in [4.78, 5) is 61.0. The van der Waals surface area contributed by atoms with Gasteiger partial charge in [0.25, 0.3) is 0 Å². The number of carbonyl (C=O) groups is 5. The first kappa shape index (κ1) is 41.2. The zero-order chi connectivity index (χ0) is 36.9. The molecule has 284 valence electrons. The van der Waals surface area contributed by atoms with Gasteiger partial charge in [-0.1, -0.05) is 25.2 Å². The minimum absolute atomic E-state index is 0.0259. The lowest BCUT2D eigenvalue weighted by Gasteiger charge is -2.25. The lowest BCUT2D eigenvalue weighted by Crippen LogP contribution is -2.41. The van der Waals surface area contributed by atoms with Crippen molar-refractivity contribution in [1.82, 2.24) is 15.5 Å². The number of aliphatic carboxylic acids is 2. The van der Waals surface area contributed by atoms with Gasteiger partial charge in [-0.25, -0.2) is 9.79 Å². The van der Waals surface area contributed by atoms with Crippen molar-refractivity contribution >= 4 is 70.8 Å². The summed E-state index contributed by atoms with van der Waals surface area (Å²) in [5.74, 6) is 6.80. The van der Waals surface area contributed by atoms with Gasteiger partial charge in [-0.3, -0.25) is 14.4 Å². The Balaban J connectivity index is 0.000000172. The van der Waals surface area contributed by atoms with Gasteiger partial charge in [-0.05, 0) is 63.0 Å². The molecule has 0 bridgehead atoms. The average molecular weight is 766 g/mol. The van der Waals surface area contributed by atoms with Gasteiger partial charge < -0.3 is 36.3 Å². The Morgan fingerprint density at radius 3 is 2.08 bits per heavy atom. The van der Waals surface area contributed by atoms with Crippen LogP contribution in [-0.4, -0.2) is 114 Å². The molecule has 0 unspecified atom stereocenters. The highest BCUT2D eigenvalue weighted by atomic mass is 32.2. The number of rotatable bonds is 16. The highest BCUT2D eigenvalue weighted by Crippen LogP contribution is 2.47. The summed E-state index contributed by atoms with van der Waals surface area (Å²) in [6.45, 7) is 2.02. The van der Waals surface area contributed by atoms with Gasteiger partial charge in [-0.15, -0.1) is 6.42 Å². The molecule has 6 aliphatic rings. The molecular weight excluding hydrogens is 711 g/mol. The van der Waals surface area contributed by atoms with E-state index in [2.05, 4.69) is 21.5 Å². The van der Waals surface area contributed by atoms with Crippen LogP contribution < -0.4 is 16.4 Å². The van der Waals surface area contributed by atoms with E-state index in [1.807, 2.05) is 35.3 Å². The molecule has 0 spiro atoms. The molecule has 51 heavy (non-hydrogen) atoms. The maximum atomic E-state index is 11.8. The number of amides is 2. The normalized spacial score (nSPS) is 31.2. The van der Waals surface area contributed by atoms with Crippen molar-refractivity contribution < 1.29 is 34.2 Å². The largest absolute Gasteiger partial charge is 0.481 e. The van der Waals surface area contributed by atoms with Crippen molar-refractivity contribution in [3.8, 4) is 12.3 Å². The van der Waals surface area contributed by atoms with Crippen molar-refractivity contribution in [3.05, 3.63) is 0 Å². The van der Waals surface area contributed by atoms with Gasteiger partial charge in [0.15, 0.2) is 5.96 Å². The Bertz CT molecular complexity index is 1310. The monoisotopic (exact) mass is 765 g/mol. The third-order valence-corrected chi connectivity index (χ3v) is 15.1. The Morgan fingerprint density at radius 2 is 1.43 bits per heavy atom. The summed E-state index contributed by atoms with van der Waals surface area (Å²) in [7, 11) is 0. The van der Waals surface area contributed by atoms with E-state index in [-0.39, 0.29) is 36.7 Å². The van der Waals surface area contributed by atoms with E-state index >= 15 is 0 Å². The van der Waals surface area contributed by atoms with Crippen LogP contribution in [0.25, 0.3) is 0 Å². The number of hydrogen-bond acceptors (Lipinski definition) is 11. The van der Waals surface area contributed by atoms with Crippen LogP contribution in [0.15, 0.2) is 4.99 Å². The Labute approximate surface area is 314 Å². The summed E-state index contributed by atoms with van der Waals surface area (Å²) < 4.78 is 0. The number of aliphatic imine (C=N–C) groups is 1. The summed E-state index contributed by atoms with van der Waals surface area (Å²) in [6, 6.07) is 1.14. The molecule has 2 amide bonds. The van der Waals surface area contributed by atoms with Crippen LogP contribution in [0.1, 0.15) is 96.8 Å². The number of urea groups is 1. The van der Waals surface area contributed by atoms with E-state index in [9.17, 15) is 24.0 Å². The average Bonchev–Trinajstić information content (AvgIpc) is 3.91. The smallest absolute Gasteiger partial charge is 0.318 e. The number of fused-ring (bicyclic) bond motifs is 3. The number of guanidine groups is 1. The second-order valence-corrected chi connectivity index (χ2v) is 18.2. The van der Waals surface area contributed by atoms with E-state index in [1.54, 1.807) is 11.8 Å². The first-order valence-electron chi connectivity index (χ1n) is 18.4. The first-order chi connectivity index (χ1) is 24.5. The number of carboxylic acid groups (broad SMARTS) is 2. The van der Waals surface area contributed by atoms with Gasteiger partial charge in [0.05, 0.1) is 30.7 Å². The number of unbranched alkanes of at least 4 members (excludes halogenated alkanes) is 3. The predicted octanol–water partition coefficient (Wildman–Crippen LogP) is 4.39. The summed E-state index contributed by atoms with van der Waals surface area (Å²) in [5.41, 5.74) is 5.63. The molecule has 4 saturated heterocycles. The number of carboxylic acids is 2. The number of Topliss-reactive ketones (excluding diaryl/α,β-unsaturated/α-hetero) is 2. The number of hydrogen-bond donors (Lipinski definition) is 5. The Kier molecular flexibility index (Phi) is 16.6. The van der Waals surface area contributed by atoms with Crippen LogP contribution in [-0.2, 0) is 19.2 Å². The standard InChI is InChI=1S/C14H20N2O2S.C12H18O3S.C10H17N3O2S/c1-3-8-16-13-11(15-14(16)18)9-19-12(13)7-5-4-6-10(2)17;13-9-5-8-7-16-11(10(8)6-9)3-1-2-4-12(14)15;11-10-12-6-5-16-7(9(6)13-10)3-1-2-4-8(14)15/h1,11-13H,4-9H2,2H3,(H,15,18);8,10-11H,1-7H2,(H,14,15);6-7,9H,1-5H2,(H,14,15)(H3,11,12,13)/t11-,12-,13-;8-,10-,11-;6-,7-,9-/m000/s1. The topological polar surface area (TPSA) is 191 Å². The lowest BCUT2D eigenvalue weighted by atomic mass is 9.92. The van der Waals surface area contributed by atoms with Gasteiger partial charge in [0.2, 0.25) is 0 Å². The Morgan fingerprint density at radius 1 is 0.843 bits per heavy atom. The van der Waals surface area contributed by atoms with Gasteiger partial charge in [0.1, 0.15) is 11.6 Å². The molecule has 0 aromatic carbocycles. The van der Waals surface area contributed by atoms with Crippen LogP contribution in [0.2, 0.25) is 0 Å². The lowest BCUT2D eigenvalue weighted by molar-refractivity contribution is -0.138. The third kappa shape index (κ3) is 12.5. The number of nitrogens with zero attached hydrogens (tertiary/aromatic N) is 2. The van der Waals surface area contributed by atoms with Crippen molar-refractivity contribution in [1.29, 1.82) is 0 Å². The van der Waals surface area contributed by atoms with Crippen LogP contribution in [0, 0.1) is 24.2 Å². The van der Waals surface area contributed by atoms with Crippen LogP contribution in [0.5, 0.6) is 0 Å². The predicted molar refractivity (Wildman–Crippen MR) is 205 cm³/mol. The highest BCUT2D eigenvalue weighted by Gasteiger charge is 2.48. The van der Waals surface area contributed by atoms with E-state index < -0.39 is 11.9 Å². The second kappa shape index (κ2) is 20.6. The first-order valence-corrected chi connectivity index (χ1v) is 21.5. The minimum atomic E-state index is -0.707. The fourth-order valence-electron chi connectivity index (χ4n) is 7.97.